The molecule has 2 aromatic heterocycles. The molecule has 0 aliphatic rings. The number of rotatable bonds is 4. The summed E-state index contributed by atoms with van der Waals surface area (Å²) in [7, 11) is 0. The zero-order chi connectivity index (χ0) is 13.0. The molecule has 0 aliphatic carbocycles. The number of pyridine rings is 2. The van der Waals surface area contributed by atoms with Gasteiger partial charge in [0.25, 0.3) is 0 Å². The Balaban J connectivity index is 2.27. The van der Waals surface area contributed by atoms with Crippen molar-refractivity contribution in [3.8, 4) is 11.6 Å². The molecule has 0 atom stereocenters. The molecule has 3 nitrogen and oxygen atoms in total. The quantitative estimate of drug-likeness (QED) is 0.785. The van der Waals surface area contributed by atoms with Crippen molar-refractivity contribution in [1.82, 2.24) is 9.97 Å². The van der Waals surface area contributed by atoms with Gasteiger partial charge in [0.2, 0.25) is 5.88 Å². The molecular weight excluding hydrogens is 248 g/mol. The van der Waals surface area contributed by atoms with Crippen LogP contribution in [-0.2, 0) is 12.3 Å². The van der Waals surface area contributed by atoms with Gasteiger partial charge < -0.3 is 4.74 Å². The molecule has 2 aromatic rings. The Labute approximate surface area is 112 Å². The maximum Gasteiger partial charge on any atom is 0.219 e. The number of hydrogen-bond donors (Lipinski definition) is 0. The highest BCUT2D eigenvalue weighted by molar-refractivity contribution is 6.17. The minimum absolute atomic E-state index is 0.450. The number of hydrogen-bond acceptors (Lipinski definition) is 3. The first kappa shape index (κ1) is 12.8. The fourth-order valence-corrected chi connectivity index (χ4v) is 1.81. The lowest BCUT2D eigenvalue weighted by Gasteiger charge is -2.09. The van der Waals surface area contributed by atoms with Crippen LogP contribution < -0.4 is 4.74 Å². The van der Waals surface area contributed by atoms with Crippen molar-refractivity contribution in [2.24, 2.45) is 0 Å². The van der Waals surface area contributed by atoms with Gasteiger partial charge in [0, 0.05) is 23.8 Å². The predicted molar refractivity (Wildman–Crippen MR) is 72.2 cm³/mol. The minimum atomic E-state index is 0.450. The van der Waals surface area contributed by atoms with Crippen molar-refractivity contribution in [2.45, 2.75) is 26.1 Å². The Kier molecular flexibility index (Phi) is 4.15. The van der Waals surface area contributed by atoms with Crippen molar-refractivity contribution < 1.29 is 4.74 Å². The van der Waals surface area contributed by atoms with E-state index in [1.807, 2.05) is 31.2 Å². The van der Waals surface area contributed by atoms with Crippen molar-refractivity contribution in [3.63, 3.8) is 0 Å². The highest BCUT2D eigenvalue weighted by Crippen LogP contribution is 2.24. The van der Waals surface area contributed by atoms with E-state index in [2.05, 4.69) is 16.9 Å². The standard InChI is InChI=1S/C14H15ClN2O/c1-3-12-13(5-4-10(2)17-12)18-14-8-11(9-15)6-7-16-14/h4-8H,3,9H2,1-2H3. The molecule has 0 aliphatic heterocycles. The number of aryl methyl sites for hydroxylation is 2. The number of halogens is 1. The molecular formula is C14H15ClN2O. The first-order chi connectivity index (χ1) is 8.72. The lowest BCUT2D eigenvalue weighted by Crippen LogP contribution is -1.97. The number of nitrogens with zero attached hydrogens (tertiary/aromatic N) is 2. The Bertz CT molecular complexity index is 543. The number of alkyl halides is 1. The maximum absolute atomic E-state index is 5.79. The molecule has 2 heterocycles. The number of ether oxygens (including phenoxy) is 1. The van der Waals surface area contributed by atoms with E-state index in [1.165, 1.54) is 0 Å². The van der Waals surface area contributed by atoms with Gasteiger partial charge >= 0.3 is 0 Å². The molecule has 0 saturated carbocycles. The molecule has 94 valence electrons. The predicted octanol–water partition coefficient (Wildman–Crippen LogP) is 3.88. The van der Waals surface area contributed by atoms with E-state index < -0.39 is 0 Å². The van der Waals surface area contributed by atoms with E-state index in [0.717, 1.165) is 29.1 Å². The normalized spacial score (nSPS) is 10.4. The second-order valence-corrected chi connectivity index (χ2v) is 4.26. The zero-order valence-corrected chi connectivity index (χ0v) is 11.2. The Morgan fingerprint density at radius 2 is 2.11 bits per heavy atom. The molecule has 0 radical (unpaired) electrons. The summed E-state index contributed by atoms with van der Waals surface area (Å²) in [5, 5.41) is 0. The lowest BCUT2D eigenvalue weighted by atomic mass is 10.2. The third kappa shape index (κ3) is 2.99. The lowest BCUT2D eigenvalue weighted by molar-refractivity contribution is 0.453. The van der Waals surface area contributed by atoms with E-state index in [4.69, 9.17) is 16.3 Å². The smallest absolute Gasteiger partial charge is 0.219 e. The van der Waals surface area contributed by atoms with Crippen LogP contribution in [-0.4, -0.2) is 9.97 Å². The summed E-state index contributed by atoms with van der Waals surface area (Å²) in [4.78, 5) is 8.62. The first-order valence-electron chi connectivity index (χ1n) is 5.88. The second kappa shape index (κ2) is 5.83. The maximum atomic E-state index is 5.79. The van der Waals surface area contributed by atoms with E-state index in [9.17, 15) is 0 Å². The highest BCUT2D eigenvalue weighted by Gasteiger charge is 2.06. The van der Waals surface area contributed by atoms with Gasteiger partial charge in [0.05, 0.1) is 5.69 Å². The van der Waals surface area contributed by atoms with Gasteiger partial charge in [-0.1, -0.05) is 6.92 Å². The average Bonchev–Trinajstić information content (AvgIpc) is 2.41. The van der Waals surface area contributed by atoms with E-state index in [1.54, 1.807) is 6.20 Å². The summed E-state index contributed by atoms with van der Waals surface area (Å²) in [6.07, 6.45) is 2.52. The van der Waals surface area contributed by atoms with Crippen LogP contribution in [0.2, 0.25) is 0 Å². The van der Waals surface area contributed by atoms with Gasteiger partial charge in [-0.2, -0.15) is 0 Å². The fourth-order valence-electron chi connectivity index (χ4n) is 1.65. The molecule has 18 heavy (non-hydrogen) atoms. The Hall–Kier alpha value is -1.61. The van der Waals surface area contributed by atoms with Crippen molar-refractivity contribution in [2.75, 3.05) is 0 Å². The zero-order valence-electron chi connectivity index (χ0n) is 10.5. The molecule has 4 heteroatoms. The third-order valence-electron chi connectivity index (χ3n) is 2.57. The molecule has 0 bridgehead atoms. The SMILES string of the molecule is CCc1nc(C)ccc1Oc1cc(CCl)ccn1. The summed E-state index contributed by atoms with van der Waals surface area (Å²) >= 11 is 5.79. The summed E-state index contributed by atoms with van der Waals surface area (Å²) in [5.41, 5.74) is 2.91. The molecule has 0 fully saturated rings. The van der Waals surface area contributed by atoms with Crippen LogP contribution in [0.1, 0.15) is 23.9 Å². The van der Waals surface area contributed by atoms with Crippen LogP contribution in [0.4, 0.5) is 0 Å². The summed E-state index contributed by atoms with van der Waals surface area (Å²) in [5.74, 6) is 1.75. The molecule has 0 spiro atoms. The van der Waals surface area contributed by atoms with Crippen LogP contribution in [0.25, 0.3) is 0 Å². The fraction of sp³-hybridized carbons (Fsp3) is 0.286. The summed E-state index contributed by atoms with van der Waals surface area (Å²) in [6, 6.07) is 7.57. The van der Waals surface area contributed by atoms with Gasteiger partial charge in [-0.05, 0) is 37.1 Å². The molecule has 0 saturated heterocycles. The third-order valence-corrected chi connectivity index (χ3v) is 2.88. The second-order valence-electron chi connectivity index (χ2n) is 3.99. The van der Waals surface area contributed by atoms with Crippen molar-refractivity contribution in [3.05, 3.63) is 47.4 Å². The van der Waals surface area contributed by atoms with Gasteiger partial charge in [0.1, 0.15) is 0 Å². The highest BCUT2D eigenvalue weighted by atomic mass is 35.5. The van der Waals surface area contributed by atoms with Crippen LogP contribution in [0.3, 0.4) is 0 Å². The molecule has 0 unspecified atom stereocenters. The largest absolute Gasteiger partial charge is 0.437 e. The van der Waals surface area contributed by atoms with Crippen molar-refractivity contribution in [1.29, 1.82) is 0 Å². The topological polar surface area (TPSA) is 35.0 Å². The van der Waals surface area contributed by atoms with Gasteiger partial charge in [-0.15, -0.1) is 11.6 Å². The van der Waals surface area contributed by atoms with Crippen LogP contribution in [0.5, 0.6) is 11.6 Å². The monoisotopic (exact) mass is 262 g/mol. The molecule has 0 amide bonds. The van der Waals surface area contributed by atoms with Gasteiger partial charge in [-0.25, -0.2) is 4.98 Å². The van der Waals surface area contributed by atoms with Gasteiger partial charge in [0.15, 0.2) is 5.75 Å². The van der Waals surface area contributed by atoms with Crippen LogP contribution in [0, 0.1) is 6.92 Å². The van der Waals surface area contributed by atoms with Crippen LogP contribution >= 0.6 is 11.6 Å². The number of aromatic nitrogens is 2. The summed E-state index contributed by atoms with van der Waals surface area (Å²) < 4.78 is 5.77. The summed E-state index contributed by atoms with van der Waals surface area (Å²) in [6.45, 7) is 4.02. The van der Waals surface area contributed by atoms with Gasteiger partial charge in [-0.3, -0.25) is 4.98 Å². The van der Waals surface area contributed by atoms with Crippen LogP contribution in [0.15, 0.2) is 30.5 Å². The Morgan fingerprint density at radius 3 is 2.83 bits per heavy atom. The van der Waals surface area contributed by atoms with Crippen molar-refractivity contribution >= 4 is 11.6 Å². The van der Waals surface area contributed by atoms with E-state index in [0.29, 0.717) is 11.8 Å². The minimum Gasteiger partial charge on any atom is -0.437 e. The van der Waals surface area contributed by atoms with E-state index in [-0.39, 0.29) is 0 Å². The molecule has 0 aromatic carbocycles. The Morgan fingerprint density at radius 1 is 1.28 bits per heavy atom. The molecule has 2 rings (SSSR count). The molecule has 0 N–H and O–H groups in total. The van der Waals surface area contributed by atoms with E-state index >= 15 is 0 Å². The average molecular weight is 263 g/mol. The first-order valence-corrected chi connectivity index (χ1v) is 6.41.